The average Bonchev–Trinajstić information content (AvgIpc) is 3.56. The Morgan fingerprint density at radius 1 is 0.625 bits per heavy atom. The van der Waals surface area contributed by atoms with E-state index in [-0.39, 0.29) is 20.1 Å². The maximum atomic E-state index is 5.69. The normalized spacial score (nSPS) is 11.0. The molecular formula is C43H35IrN3O-2. The van der Waals surface area contributed by atoms with Gasteiger partial charge in [-0.3, -0.25) is 9.97 Å². The number of rotatable bonds is 3. The van der Waals surface area contributed by atoms with Crippen LogP contribution in [0.4, 0.5) is 0 Å². The molecule has 4 heterocycles. The molecule has 8 aromatic rings. The standard InChI is InChI=1S/C28H19N2O.C15H16N.Ir/c1-17-12-25-24(14-22-9-11-31-28(22)27(25)30-16-17)26-15-20(8-10-29-26)19-6-7-23-18(2)4-3-5-21(23)13-19;1-10-5-6-14(7-11(10)2)15-8-12(3)13(4)9-16-15;/h3-13,15-16H,1-2H3;5,7-9H,1-4H3;/q2*-1;. The van der Waals surface area contributed by atoms with E-state index in [1.54, 1.807) is 6.26 Å². The zero-order valence-electron chi connectivity index (χ0n) is 27.9. The van der Waals surface area contributed by atoms with E-state index in [9.17, 15) is 0 Å². The molecule has 0 spiro atoms. The van der Waals surface area contributed by atoms with E-state index in [2.05, 4.69) is 123 Å². The minimum atomic E-state index is 0. The van der Waals surface area contributed by atoms with Crippen LogP contribution in [0.25, 0.3) is 66.3 Å². The van der Waals surface area contributed by atoms with Gasteiger partial charge in [0.05, 0.1) is 5.58 Å². The van der Waals surface area contributed by atoms with Crippen molar-refractivity contribution in [2.45, 2.75) is 41.5 Å². The molecule has 0 amide bonds. The third-order valence-electron chi connectivity index (χ3n) is 8.96. The summed E-state index contributed by atoms with van der Waals surface area (Å²) in [7, 11) is 0. The quantitative estimate of drug-likeness (QED) is 0.167. The molecule has 0 unspecified atom stereocenters. The van der Waals surface area contributed by atoms with Gasteiger partial charge in [0, 0.05) is 56.2 Å². The molecule has 4 nitrogen and oxygen atoms in total. The number of aryl methyl sites for hydroxylation is 6. The molecule has 239 valence electrons. The first-order valence-corrected chi connectivity index (χ1v) is 15.8. The van der Waals surface area contributed by atoms with E-state index in [1.165, 1.54) is 44.2 Å². The summed E-state index contributed by atoms with van der Waals surface area (Å²) in [5, 5.41) is 4.44. The van der Waals surface area contributed by atoms with E-state index < -0.39 is 0 Å². The zero-order valence-corrected chi connectivity index (χ0v) is 30.3. The first-order valence-electron chi connectivity index (χ1n) is 15.8. The molecule has 1 radical (unpaired) electrons. The Morgan fingerprint density at radius 2 is 1.44 bits per heavy atom. The molecule has 0 aliphatic heterocycles. The van der Waals surface area contributed by atoms with Crippen molar-refractivity contribution in [2.24, 2.45) is 0 Å². The molecule has 0 fully saturated rings. The fourth-order valence-corrected chi connectivity index (χ4v) is 5.90. The Bertz CT molecular complexity index is 2390. The number of furan rings is 1. The molecule has 0 aliphatic rings. The van der Waals surface area contributed by atoms with Crippen LogP contribution >= 0.6 is 0 Å². The molecule has 4 aromatic heterocycles. The maximum absolute atomic E-state index is 5.69. The molecule has 0 bridgehead atoms. The number of pyridine rings is 3. The summed E-state index contributed by atoms with van der Waals surface area (Å²) in [6.07, 6.45) is 7.35. The fraction of sp³-hybridized carbons (Fsp3) is 0.140. The number of fused-ring (bicyclic) bond motifs is 4. The predicted octanol–water partition coefficient (Wildman–Crippen LogP) is 11.1. The largest absolute Gasteiger partial charge is 0.506 e. The molecule has 0 aliphatic carbocycles. The SMILES string of the molecule is Cc1c[c-]c(-c2cc(C)c(C)cn2)cc1C.Cc1cnc2c(c1)c(-c1cc(-c3ccc4c(C)cccc4c3)ccn1)[c-]c1ccoc12.[Ir]. The number of nitrogens with zero attached hydrogens (tertiary/aromatic N) is 3. The minimum Gasteiger partial charge on any atom is -0.506 e. The van der Waals surface area contributed by atoms with Gasteiger partial charge in [-0.15, -0.1) is 41.0 Å². The Morgan fingerprint density at radius 3 is 2.25 bits per heavy atom. The molecular weight excluding hydrogens is 767 g/mol. The van der Waals surface area contributed by atoms with Crippen molar-refractivity contribution in [3.63, 3.8) is 0 Å². The topological polar surface area (TPSA) is 51.8 Å². The Balaban J connectivity index is 0.000000201. The molecule has 0 saturated heterocycles. The van der Waals surface area contributed by atoms with E-state index >= 15 is 0 Å². The Labute approximate surface area is 295 Å². The summed E-state index contributed by atoms with van der Waals surface area (Å²) < 4.78 is 5.69. The fourth-order valence-electron chi connectivity index (χ4n) is 5.90. The van der Waals surface area contributed by atoms with Crippen LogP contribution in [0.15, 0.2) is 108 Å². The third kappa shape index (κ3) is 6.44. The van der Waals surface area contributed by atoms with Gasteiger partial charge in [0.25, 0.3) is 0 Å². The van der Waals surface area contributed by atoms with Crippen molar-refractivity contribution >= 4 is 32.6 Å². The number of hydrogen-bond donors (Lipinski definition) is 0. The van der Waals surface area contributed by atoms with Gasteiger partial charge in [0.2, 0.25) is 0 Å². The zero-order chi connectivity index (χ0) is 32.7. The van der Waals surface area contributed by atoms with Gasteiger partial charge in [-0.05, 0) is 84.1 Å². The van der Waals surface area contributed by atoms with Crippen molar-refractivity contribution in [2.75, 3.05) is 0 Å². The van der Waals surface area contributed by atoms with Crippen molar-refractivity contribution in [1.29, 1.82) is 0 Å². The van der Waals surface area contributed by atoms with Crippen molar-refractivity contribution < 1.29 is 24.5 Å². The predicted molar refractivity (Wildman–Crippen MR) is 193 cm³/mol. The smallest absolute Gasteiger partial charge is 0.0847 e. The van der Waals surface area contributed by atoms with Gasteiger partial charge in [0.1, 0.15) is 0 Å². The van der Waals surface area contributed by atoms with Crippen molar-refractivity contribution in [1.82, 2.24) is 15.0 Å². The monoisotopic (exact) mass is 802 g/mol. The van der Waals surface area contributed by atoms with Gasteiger partial charge in [-0.2, -0.15) is 0 Å². The first kappa shape index (κ1) is 33.0. The second-order valence-corrected chi connectivity index (χ2v) is 12.4. The van der Waals surface area contributed by atoms with Crippen LogP contribution in [-0.4, -0.2) is 15.0 Å². The second kappa shape index (κ2) is 13.6. The Kier molecular flexibility index (Phi) is 9.37. The van der Waals surface area contributed by atoms with Crippen LogP contribution in [0.1, 0.15) is 33.4 Å². The average molecular weight is 802 g/mol. The van der Waals surface area contributed by atoms with Crippen LogP contribution in [0.3, 0.4) is 0 Å². The van der Waals surface area contributed by atoms with Crippen LogP contribution in [0.2, 0.25) is 0 Å². The van der Waals surface area contributed by atoms with Gasteiger partial charge in [-0.1, -0.05) is 90.3 Å². The summed E-state index contributed by atoms with van der Waals surface area (Å²) in [4.78, 5) is 13.8. The van der Waals surface area contributed by atoms with E-state index in [0.717, 1.165) is 55.5 Å². The van der Waals surface area contributed by atoms with Crippen LogP contribution in [-0.2, 0) is 20.1 Å². The Hall–Kier alpha value is -4.96. The van der Waals surface area contributed by atoms with Crippen LogP contribution in [0, 0.1) is 53.7 Å². The number of aromatic nitrogens is 3. The van der Waals surface area contributed by atoms with E-state index in [0.29, 0.717) is 0 Å². The molecule has 0 N–H and O–H groups in total. The van der Waals surface area contributed by atoms with E-state index in [4.69, 9.17) is 9.40 Å². The van der Waals surface area contributed by atoms with Crippen molar-refractivity contribution in [3.05, 3.63) is 149 Å². The summed E-state index contributed by atoms with van der Waals surface area (Å²) in [6.45, 7) is 12.6. The molecule has 5 heteroatoms. The molecule has 0 saturated carbocycles. The summed E-state index contributed by atoms with van der Waals surface area (Å²) in [5.41, 5.74) is 15.2. The second-order valence-electron chi connectivity index (χ2n) is 12.4. The first-order chi connectivity index (χ1) is 22.7. The molecule has 4 aromatic carbocycles. The third-order valence-corrected chi connectivity index (χ3v) is 8.96. The molecule has 8 rings (SSSR count). The maximum Gasteiger partial charge on any atom is 0.0847 e. The van der Waals surface area contributed by atoms with Crippen LogP contribution in [0.5, 0.6) is 0 Å². The van der Waals surface area contributed by atoms with Gasteiger partial charge < -0.3 is 9.40 Å². The molecule has 0 atom stereocenters. The molecule has 48 heavy (non-hydrogen) atoms. The number of hydrogen-bond acceptors (Lipinski definition) is 4. The number of benzene rings is 4. The van der Waals surface area contributed by atoms with Gasteiger partial charge in [0.15, 0.2) is 0 Å². The van der Waals surface area contributed by atoms with Crippen molar-refractivity contribution in [3.8, 4) is 33.6 Å². The van der Waals surface area contributed by atoms with E-state index in [1.807, 2.05) is 37.6 Å². The van der Waals surface area contributed by atoms with Gasteiger partial charge >= 0.3 is 0 Å². The summed E-state index contributed by atoms with van der Waals surface area (Å²) in [6, 6.07) is 34.4. The van der Waals surface area contributed by atoms with Gasteiger partial charge in [-0.25, -0.2) is 0 Å². The summed E-state index contributed by atoms with van der Waals surface area (Å²) >= 11 is 0. The van der Waals surface area contributed by atoms with Crippen LogP contribution < -0.4 is 0 Å². The minimum absolute atomic E-state index is 0. The summed E-state index contributed by atoms with van der Waals surface area (Å²) in [5.74, 6) is 0.